The van der Waals surface area contributed by atoms with E-state index in [9.17, 15) is 0 Å². The van der Waals surface area contributed by atoms with Crippen LogP contribution in [-0.4, -0.2) is 45.8 Å². The molecule has 3 N–H and O–H groups in total. The molecule has 0 aliphatic carbocycles. The van der Waals surface area contributed by atoms with Gasteiger partial charge in [0.25, 0.3) is 0 Å². The van der Waals surface area contributed by atoms with E-state index in [1.54, 1.807) is 0 Å². The maximum absolute atomic E-state index is 9.17. The van der Waals surface area contributed by atoms with E-state index in [-0.39, 0.29) is 13.1 Å². The zero-order valence-electron chi connectivity index (χ0n) is 7.77. The molecule has 74 valence electrons. The van der Waals surface area contributed by atoms with E-state index in [1.807, 2.05) is 13.8 Å². The highest BCUT2D eigenvalue weighted by atomic mass is 16.5. The minimum absolute atomic E-state index is 0.202. The smallest absolute Gasteiger partial charge is 0.0687 e. The van der Waals surface area contributed by atoms with Crippen LogP contribution in [0.2, 0.25) is 0 Å². The highest BCUT2D eigenvalue weighted by Crippen LogP contribution is 1.97. The Morgan fingerprint density at radius 2 is 1.33 bits per heavy atom. The molecule has 0 radical (unpaired) electrons. The average molecular weight is 177 g/mol. The quantitative estimate of drug-likeness (QED) is 0.508. The molecule has 0 aromatic heterocycles. The molecule has 0 aromatic rings. The van der Waals surface area contributed by atoms with Gasteiger partial charge in [0, 0.05) is 13.1 Å². The lowest BCUT2D eigenvalue weighted by Gasteiger charge is -2.19. The summed E-state index contributed by atoms with van der Waals surface area (Å²) in [6.07, 6.45) is 0.191. The summed E-state index contributed by atoms with van der Waals surface area (Å²) >= 11 is 0. The van der Waals surface area contributed by atoms with Crippen LogP contribution in [0, 0.1) is 0 Å². The van der Waals surface area contributed by atoms with Gasteiger partial charge in [0.05, 0.1) is 12.2 Å². The van der Waals surface area contributed by atoms with Crippen molar-refractivity contribution in [2.45, 2.75) is 38.9 Å². The topological polar surface area (TPSA) is 63.9 Å². The van der Waals surface area contributed by atoms with Gasteiger partial charge in [-0.2, -0.15) is 5.06 Å². The number of hydrogen-bond donors (Lipinski definition) is 3. The van der Waals surface area contributed by atoms with Gasteiger partial charge < -0.3 is 15.4 Å². The molecule has 0 saturated heterocycles. The molecule has 0 saturated carbocycles. The van der Waals surface area contributed by atoms with Crippen LogP contribution >= 0.6 is 0 Å². The first-order valence-corrected chi connectivity index (χ1v) is 4.40. The van der Waals surface area contributed by atoms with Crippen LogP contribution in [-0.2, 0) is 0 Å². The Bertz CT molecular complexity index is 98.5. The predicted molar refractivity (Wildman–Crippen MR) is 46.0 cm³/mol. The van der Waals surface area contributed by atoms with Gasteiger partial charge in [0.2, 0.25) is 0 Å². The number of aliphatic hydroxyl groups is 2. The monoisotopic (exact) mass is 177 g/mol. The van der Waals surface area contributed by atoms with Crippen molar-refractivity contribution in [3.8, 4) is 0 Å². The second-order valence-electron chi connectivity index (χ2n) is 3.00. The highest BCUT2D eigenvalue weighted by Gasteiger charge is 2.10. The summed E-state index contributed by atoms with van der Waals surface area (Å²) in [5, 5.41) is 28.4. The molecule has 4 nitrogen and oxygen atoms in total. The lowest BCUT2D eigenvalue weighted by Crippen LogP contribution is -2.35. The average Bonchev–Trinajstić information content (AvgIpc) is 2.03. The molecule has 0 rings (SSSR count). The first-order valence-electron chi connectivity index (χ1n) is 4.40. The molecule has 12 heavy (non-hydrogen) atoms. The van der Waals surface area contributed by atoms with E-state index in [0.29, 0.717) is 12.8 Å². The molecule has 0 aliphatic heterocycles. The summed E-state index contributed by atoms with van der Waals surface area (Å²) in [6, 6.07) is 0. The van der Waals surface area contributed by atoms with Crippen molar-refractivity contribution in [3.05, 3.63) is 0 Å². The van der Waals surface area contributed by atoms with E-state index in [1.165, 1.54) is 0 Å². The zero-order valence-corrected chi connectivity index (χ0v) is 7.77. The normalized spacial score (nSPS) is 16.5. The fraction of sp³-hybridized carbons (Fsp3) is 1.00. The third-order valence-corrected chi connectivity index (χ3v) is 1.79. The van der Waals surface area contributed by atoms with Crippen LogP contribution in [0.1, 0.15) is 26.7 Å². The standard InChI is InChI=1S/C8H19NO3/c1-3-7(10)5-9(12)6-8(11)4-2/h7-8,10-12H,3-6H2,1-2H3. The van der Waals surface area contributed by atoms with E-state index in [0.717, 1.165) is 5.06 Å². The molecule has 0 heterocycles. The van der Waals surface area contributed by atoms with Gasteiger partial charge in [-0.05, 0) is 12.8 Å². The van der Waals surface area contributed by atoms with Crippen LogP contribution in [0.3, 0.4) is 0 Å². The fourth-order valence-corrected chi connectivity index (χ4v) is 0.819. The van der Waals surface area contributed by atoms with E-state index < -0.39 is 12.2 Å². The Hall–Kier alpha value is -0.160. The van der Waals surface area contributed by atoms with Crippen molar-refractivity contribution in [1.82, 2.24) is 5.06 Å². The van der Waals surface area contributed by atoms with Gasteiger partial charge >= 0.3 is 0 Å². The van der Waals surface area contributed by atoms with Crippen molar-refractivity contribution in [3.63, 3.8) is 0 Å². The third-order valence-electron chi connectivity index (χ3n) is 1.79. The first kappa shape index (κ1) is 11.8. The van der Waals surface area contributed by atoms with Crippen molar-refractivity contribution >= 4 is 0 Å². The summed E-state index contributed by atoms with van der Waals surface area (Å²) in [6.45, 7) is 4.09. The van der Waals surface area contributed by atoms with Gasteiger partial charge in [-0.15, -0.1) is 0 Å². The molecule has 2 unspecified atom stereocenters. The van der Waals surface area contributed by atoms with Crippen molar-refractivity contribution in [2.24, 2.45) is 0 Å². The Morgan fingerprint density at radius 3 is 1.58 bits per heavy atom. The Balaban J connectivity index is 3.51. The SMILES string of the molecule is CCC(O)CN(O)CC(O)CC. The third kappa shape index (κ3) is 5.49. The molecule has 0 amide bonds. The molecule has 0 aromatic carbocycles. The second-order valence-corrected chi connectivity index (χ2v) is 3.00. The molecule has 0 fully saturated rings. The lowest BCUT2D eigenvalue weighted by molar-refractivity contribution is -0.132. The van der Waals surface area contributed by atoms with Gasteiger partial charge in [0.1, 0.15) is 0 Å². The second kappa shape index (κ2) is 6.37. The Morgan fingerprint density at radius 1 is 1.00 bits per heavy atom. The number of hydroxylamine groups is 2. The summed E-state index contributed by atoms with van der Waals surface area (Å²) in [5.41, 5.74) is 0. The van der Waals surface area contributed by atoms with Crippen molar-refractivity contribution in [2.75, 3.05) is 13.1 Å². The van der Waals surface area contributed by atoms with E-state index in [2.05, 4.69) is 0 Å². The number of rotatable bonds is 6. The first-order chi connectivity index (χ1) is 5.60. The number of aliphatic hydroxyl groups excluding tert-OH is 2. The molecule has 2 atom stereocenters. The van der Waals surface area contributed by atoms with Crippen LogP contribution < -0.4 is 0 Å². The van der Waals surface area contributed by atoms with Crippen LogP contribution in [0.25, 0.3) is 0 Å². The minimum atomic E-state index is -0.515. The molecular weight excluding hydrogens is 158 g/mol. The van der Waals surface area contributed by atoms with Gasteiger partial charge in [-0.3, -0.25) is 0 Å². The van der Waals surface area contributed by atoms with E-state index in [4.69, 9.17) is 15.4 Å². The summed E-state index contributed by atoms with van der Waals surface area (Å²) in [5.74, 6) is 0. The molecule has 0 bridgehead atoms. The van der Waals surface area contributed by atoms with Gasteiger partial charge in [0.15, 0.2) is 0 Å². The summed E-state index contributed by atoms with van der Waals surface area (Å²) in [7, 11) is 0. The van der Waals surface area contributed by atoms with Gasteiger partial charge in [-0.25, -0.2) is 0 Å². The van der Waals surface area contributed by atoms with Crippen LogP contribution in [0.15, 0.2) is 0 Å². The number of hydrogen-bond acceptors (Lipinski definition) is 4. The predicted octanol–water partition coefficient (Wildman–Crippen LogP) is 0.219. The molecule has 0 aliphatic rings. The van der Waals surface area contributed by atoms with E-state index >= 15 is 0 Å². The summed E-state index contributed by atoms with van der Waals surface area (Å²) < 4.78 is 0. The van der Waals surface area contributed by atoms with Crippen LogP contribution in [0.4, 0.5) is 0 Å². The van der Waals surface area contributed by atoms with Crippen LogP contribution in [0.5, 0.6) is 0 Å². The maximum Gasteiger partial charge on any atom is 0.0687 e. The zero-order chi connectivity index (χ0) is 9.56. The fourth-order valence-electron chi connectivity index (χ4n) is 0.819. The maximum atomic E-state index is 9.17. The highest BCUT2D eigenvalue weighted by molar-refractivity contribution is 4.60. The number of nitrogens with zero attached hydrogens (tertiary/aromatic N) is 1. The van der Waals surface area contributed by atoms with Crippen molar-refractivity contribution < 1.29 is 15.4 Å². The van der Waals surface area contributed by atoms with Gasteiger partial charge in [-0.1, -0.05) is 13.8 Å². The minimum Gasteiger partial charge on any atom is -0.392 e. The van der Waals surface area contributed by atoms with Crippen molar-refractivity contribution in [1.29, 1.82) is 0 Å². The summed E-state index contributed by atoms with van der Waals surface area (Å²) in [4.78, 5) is 0. The Kier molecular flexibility index (Phi) is 6.28. The largest absolute Gasteiger partial charge is 0.392 e. The molecule has 0 spiro atoms. The Labute approximate surface area is 73.4 Å². The lowest BCUT2D eigenvalue weighted by atomic mass is 10.2. The molecular formula is C8H19NO3. The molecule has 4 heteroatoms.